The Bertz CT molecular complexity index is 954. The molecule has 1 amide bonds. The fourth-order valence-electron chi connectivity index (χ4n) is 2.92. The molecule has 0 aliphatic carbocycles. The molecule has 5 nitrogen and oxygen atoms in total. The average molecular weight is 434 g/mol. The van der Waals surface area contributed by atoms with E-state index in [-0.39, 0.29) is 5.91 Å². The van der Waals surface area contributed by atoms with Crippen LogP contribution in [0.15, 0.2) is 52.4 Å². The number of amidine groups is 1. The third-order valence-electron chi connectivity index (χ3n) is 4.37. The number of hydrogen-bond acceptors (Lipinski definition) is 5. The number of benzene rings is 2. The van der Waals surface area contributed by atoms with E-state index in [2.05, 4.69) is 27.3 Å². The van der Waals surface area contributed by atoms with Crippen LogP contribution >= 0.6 is 35.0 Å². The topological polar surface area (TPSA) is 53.9 Å². The van der Waals surface area contributed by atoms with Crippen LogP contribution in [0, 0.1) is 0 Å². The van der Waals surface area contributed by atoms with E-state index in [0.717, 1.165) is 37.6 Å². The number of morpholine rings is 1. The fraction of sp³-hybridized carbons (Fsp3) is 0.200. The molecule has 2 aliphatic rings. The first kappa shape index (κ1) is 19.3. The Morgan fingerprint density at radius 3 is 2.61 bits per heavy atom. The summed E-state index contributed by atoms with van der Waals surface area (Å²) in [7, 11) is 0. The Hall–Kier alpha value is -1.99. The number of halogens is 2. The van der Waals surface area contributed by atoms with Crippen molar-refractivity contribution in [2.75, 3.05) is 31.2 Å². The first-order chi connectivity index (χ1) is 13.6. The van der Waals surface area contributed by atoms with Gasteiger partial charge in [0.2, 0.25) is 0 Å². The minimum atomic E-state index is -0.181. The van der Waals surface area contributed by atoms with Crippen molar-refractivity contribution >= 4 is 63.5 Å². The quantitative estimate of drug-likeness (QED) is 0.711. The highest BCUT2D eigenvalue weighted by Gasteiger charge is 2.24. The van der Waals surface area contributed by atoms with E-state index in [0.29, 0.717) is 25.8 Å². The van der Waals surface area contributed by atoms with Gasteiger partial charge in [-0.25, -0.2) is 4.99 Å². The molecule has 8 heteroatoms. The van der Waals surface area contributed by atoms with E-state index < -0.39 is 0 Å². The number of rotatable bonds is 3. The van der Waals surface area contributed by atoms with Crippen molar-refractivity contribution in [2.45, 2.75) is 0 Å². The first-order valence-corrected chi connectivity index (χ1v) is 10.3. The molecule has 0 bridgehead atoms. The van der Waals surface area contributed by atoms with Crippen molar-refractivity contribution in [1.29, 1.82) is 0 Å². The van der Waals surface area contributed by atoms with Crippen LogP contribution in [0.4, 0.5) is 11.4 Å². The zero-order valence-corrected chi connectivity index (χ0v) is 17.2. The molecule has 0 spiro atoms. The fourth-order valence-corrected chi connectivity index (χ4v) is 4.10. The van der Waals surface area contributed by atoms with E-state index in [1.165, 1.54) is 11.8 Å². The molecule has 2 aromatic carbocycles. The molecular weight excluding hydrogens is 417 g/mol. The second-order valence-electron chi connectivity index (χ2n) is 6.25. The lowest BCUT2D eigenvalue weighted by atomic mass is 10.1. The number of aliphatic imine (C=N–C) groups is 1. The summed E-state index contributed by atoms with van der Waals surface area (Å²) >= 11 is 13.5. The Morgan fingerprint density at radius 2 is 1.86 bits per heavy atom. The smallest absolute Gasteiger partial charge is 0.264 e. The summed E-state index contributed by atoms with van der Waals surface area (Å²) in [5.41, 5.74) is 2.64. The molecule has 2 fully saturated rings. The van der Waals surface area contributed by atoms with Gasteiger partial charge in [-0.05, 0) is 47.7 Å². The van der Waals surface area contributed by atoms with Crippen molar-refractivity contribution in [1.82, 2.24) is 5.32 Å². The van der Waals surface area contributed by atoms with Crippen molar-refractivity contribution in [3.63, 3.8) is 0 Å². The Balaban J connectivity index is 1.50. The van der Waals surface area contributed by atoms with Crippen LogP contribution in [0.2, 0.25) is 10.0 Å². The van der Waals surface area contributed by atoms with Crippen molar-refractivity contribution in [3.05, 3.63) is 63.0 Å². The van der Waals surface area contributed by atoms with Gasteiger partial charge in [0.1, 0.15) is 0 Å². The highest BCUT2D eigenvalue weighted by atomic mass is 35.5. The van der Waals surface area contributed by atoms with E-state index in [9.17, 15) is 4.79 Å². The van der Waals surface area contributed by atoms with Crippen LogP contribution in [0.5, 0.6) is 0 Å². The molecule has 0 saturated carbocycles. The average Bonchev–Trinajstić information content (AvgIpc) is 3.05. The molecule has 1 N–H and O–H groups in total. The zero-order valence-electron chi connectivity index (χ0n) is 14.8. The highest BCUT2D eigenvalue weighted by Crippen LogP contribution is 2.34. The summed E-state index contributed by atoms with van der Waals surface area (Å²) in [5, 5.41) is 4.03. The Kier molecular flexibility index (Phi) is 5.92. The minimum Gasteiger partial charge on any atom is -0.378 e. The molecule has 2 saturated heterocycles. The lowest BCUT2D eigenvalue weighted by Gasteiger charge is -2.28. The number of carbonyl (C=O) groups excluding carboxylic acids is 1. The number of nitrogens with zero attached hydrogens (tertiary/aromatic N) is 2. The maximum Gasteiger partial charge on any atom is 0.264 e. The van der Waals surface area contributed by atoms with Gasteiger partial charge in [-0.1, -0.05) is 41.4 Å². The van der Waals surface area contributed by atoms with Gasteiger partial charge in [0.05, 0.1) is 33.9 Å². The zero-order chi connectivity index (χ0) is 19.5. The normalized spacial score (nSPS) is 20.1. The Labute approximate surface area is 177 Å². The maximum atomic E-state index is 12.3. The standard InChI is InChI=1S/C20H17Cl2N3O2S/c21-15-2-1-3-16(18(15)22)23-20-24-19(26)17(28-20)12-13-4-6-14(7-5-13)25-8-10-27-11-9-25/h1-7,12H,8-11H2,(H,23,24,26)/b17-12+. The summed E-state index contributed by atoms with van der Waals surface area (Å²) in [6.45, 7) is 3.29. The Morgan fingerprint density at radius 1 is 1.11 bits per heavy atom. The van der Waals surface area contributed by atoms with Gasteiger partial charge in [-0.3, -0.25) is 4.79 Å². The second kappa shape index (κ2) is 8.57. The monoisotopic (exact) mass is 433 g/mol. The van der Waals surface area contributed by atoms with E-state index in [1.54, 1.807) is 18.2 Å². The summed E-state index contributed by atoms with van der Waals surface area (Å²) < 4.78 is 5.39. The second-order valence-corrected chi connectivity index (χ2v) is 8.06. The molecule has 144 valence electrons. The molecule has 0 atom stereocenters. The van der Waals surface area contributed by atoms with Gasteiger partial charge in [-0.2, -0.15) is 0 Å². The molecule has 4 rings (SSSR count). The van der Waals surface area contributed by atoms with Crippen LogP contribution in [0.3, 0.4) is 0 Å². The summed E-state index contributed by atoms with van der Waals surface area (Å²) in [6, 6.07) is 13.4. The molecule has 2 heterocycles. The van der Waals surface area contributed by atoms with E-state index in [1.807, 2.05) is 18.2 Å². The van der Waals surface area contributed by atoms with Gasteiger partial charge >= 0.3 is 0 Å². The lowest BCUT2D eigenvalue weighted by molar-refractivity contribution is -0.115. The number of carbonyl (C=O) groups is 1. The number of ether oxygens (including phenoxy) is 1. The summed E-state index contributed by atoms with van der Waals surface area (Å²) in [5.74, 6) is -0.181. The van der Waals surface area contributed by atoms with Crippen molar-refractivity contribution in [3.8, 4) is 0 Å². The highest BCUT2D eigenvalue weighted by molar-refractivity contribution is 8.18. The third-order valence-corrected chi connectivity index (χ3v) is 6.09. The van der Waals surface area contributed by atoms with Crippen LogP contribution in [0.25, 0.3) is 6.08 Å². The van der Waals surface area contributed by atoms with Crippen molar-refractivity contribution in [2.24, 2.45) is 4.99 Å². The third kappa shape index (κ3) is 4.36. The van der Waals surface area contributed by atoms with Gasteiger partial charge < -0.3 is 15.0 Å². The number of hydrogen-bond donors (Lipinski definition) is 1. The molecule has 28 heavy (non-hydrogen) atoms. The predicted molar refractivity (Wildman–Crippen MR) is 117 cm³/mol. The lowest BCUT2D eigenvalue weighted by Crippen LogP contribution is -2.36. The molecular formula is C20H17Cl2N3O2S. The number of anilines is 1. The van der Waals surface area contributed by atoms with E-state index >= 15 is 0 Å². The minimum absolute atomic E-state index is 0.181. The van der Waals surface area contributed by atoms with Gasteiger partial charge in [-0.15, -0.1) is 0 Å². The largest absolute Gasteiger partial charge is 0.378 e. The van der Waals surface area contributed by atoms with Gasteiger partial charge in [0, 0.05) is 18.8 Å². The van der Waals surface area contributed by atoms with E-state index in [4.69, 9.17) is 27.9 Å². The number of amides is 1. The number of nitrogens with one attached hydrogen (secondary N) is 1. The first-order valence-electron chi connectivity index (χ1n) is 8.76. The molecule has 0 radical (unpaired) electrons. The SMILES string of the molecule is O=C1NC(=Nc2cccc(Cl)c2Cl)S/C1=C/c1ccc(N2CCOCC2)cc1. The van der Waals surface area contributed by atoms with Crippen LogP contribution in [-0.4, -0.2) is 37.4 Å². The molecule has 2 aromatic rings. The molecule has 0 unspecified atom stereocenters. The molecule has 2 aliphatic heterocycles. The maximum absolute atomic E-state index is 12.3. The molecule has 0 aromatic heterocycles. The van der Waals surface area contributed by atoms with Gasteiger partial charge in [0.15, 0.2) is 5.17 Å². The summed E-state index contributed by atoms with van der Waals surface area (Å²) in [4.78, 5) is 19.6. The summed E-state index contributed by atoms with van der Waals surface area (Å²) in [6.07, 6.45) is 1.85. The number of thioether (sulfide) groups is 1. The predicted octanol–water partition coefficient (Wildman–Crippen LogP) is 4.72. The van der Waals surface area contributed by atoms with Gasteiger partial charge in [0.25, 0.3) is 5.91 Å². The van der Waals surface area contributed by atoms with Crippen LogP contribution < -0.4 is 10.2 Å². The van der Waals surface area contributed by atoms with Crippen molar-refractivity contribution < 1.29 is 9.53 Å². The van der Waals surface area contributed by atoms with Crippen LogP contribution in [0.1, 0.15) is 5.56 Å². The van der Waals surface area contributed by atoms with Crippen LogP contribution in [-0.2, 0) is 9.53 Å².